The third-order valence-electron chi connectivity index (χ3n) is 2.04. The fourth-order valence-electron chi connectivity index (χ4n) is 0.610. The van der Waals surface area contributed by atoms with Crippen molar-refractivity contribution in [1.29, 1.82) is 0 Å². The van der Waals surface area contributed by atoms with Gasteiger partial charge in [0.1, 0.15) is 0 Å². The van der Waals surface area contributed by atoms with E-state index in [0.717, 1.165) is 5.57 Å². The van der Waals surface area contributed by atoms with Crippen LogP contribution in [0.5, 0.6) is 0 Å². The summed E-state index contributed by atoms with van der Waals surface area (Å²) in [5.41, 5.74) is 4.84. The van der Waals surface area contributed by atoms with Gasteiger partial charge in [-0.05, 0) is 49.4 Å². The smallest absolute Gasteiger partial charge is 0.0157 e. The van der Waals surface area contributed by atoms with E-state index in [1.54, 1.807) is 0 Å². The Morgan fingerprint density at radius 3 is 1.77 bits per heavy atom. The Labute approximate surface area is 89.9 Å². The van der Waals surface area contributed by atoms with E-state index in [2.05, 4.69) is 55.4 Å². The molecule has 0 unspecified atom stereocenters. The molecule has 0 rings (SSSR count). The van der Waals surface area contributed by atoms with E-state index < -0.39 is 0 Å². The van der Waals surface area contributed by atoms with Crippen LogP contribution in [0.15, 0.2) is 46.0 Å². The molecule has 0 aliphatic heterocycles. The van der Waals surface area contributed by atoms with E-state index in [4.69, 9.17) is 0 Å². The summed E-state index contributed by atoms with van der Waals surface area (Å²) in [6.07, 6.45) is 4.20. The van der Waals surface area contributed by atoms with Gasteiger partial charge in [0.2, 0.25) is 0 Å². The molecule has 72 valence electrons. The Balaban J connectivity index is 4.61. The monoisotopic (exact) mass is 240 g/mol. The zero-order valence-corrected chi connectivity index (χ0v) is 10.4. The third kappa shape index (κ3) is 4.89. The Morgan fingerprint density at radius 1 is 0.923 bits per heavy atom. The second kappa shape index (κ2) is 5.98. The van der Waals surface area contributed by atoms with Gasteiger partial charge in [-0.15, -0.1) is 0 Å². The summed E-state index contributed by atoms with van der Waals surface area (Å²) in [4.78, 5) is 1.93. The topological polar surface area (TPSA) is 0 Å². The molecule has 0 atom stereocenters. The van der Waals surface area contributed by atoms with Crippen LogP contribution in [0.1, 0.15) is 27.7 Å². The van der Waals surface area contributed by atoms with E-state index in [-0.39, 0.29) is 0 Å². The van der Waals surface area contributed by atoms with Crippen LogP contribution in [-0.4, -0.2) is 0 Å². The van der Waals surface area contributed by atoms with Gasteiger partial charge in [0.05, 0.1) is 0 Å². The zero-order valence-electron chi connectivity index (χ0n) is 8.82. The van der Waals surface area contributed by atoms with Crippen LogP contribution in [0.25, 0.3) is 0 Å². The molecule has 0 bridgehead atoms. The molecule has 0 aromatic heterocycles. The first-order valence-electron chi connectivity index (χ1n) is 4.27. The zero-order chi connectivity index (χ0) is 10.4. The van der Waals surface area contributed by atoms with Crippen LogP contribution in [0.2, 0.25) is 0 Å². The molecule has 0 aromatic rings. The van der Waals surface area contributed by atoms with Gasteiger partial charge in [-0.25, -0.2) is 0 Å². The first-order chi connectivity index (χ1) is 5.99. The van der Waals surface area contributed by atoms with E-state index in [1.807, 2.05) is 11.9 Å². The van der Waals surface area contributed by atoms with Crippen molar-refractivity contribution < 1.29 is 0 Å². The van der Waals surface area contributed by atoms with Gasteiger partial charge < -0.3 is 0 Å². The quantitative estimate of drug-likeness (QED) is 0.625. The third-order valence-corrected chi connectivity index (χ3v) is 2.73. The highest BCUT2D eigenvalue weighted by atomic mass is 79.9. The molecule has 13 heavy (non-hydrogen) atoms. The van der Waals surface area contributed by atoms with Crippen LogP contribution in [-0.2, 0) is 0 Å². The van der Waals surface area contributed by atoms with Gasteiger partial charge in [-0.2, -0.15) is 0 Å². The summed E-state index contributed by atoms with van der Waals surface area (Å²) >= 11 is 3.31. The highest BCUT2D eigenvalue weighted by Crippen LogP contribution is 2.12. The van der Waals surface area contributed by atoms with Gasteiger partial charge in [0.15, 0.2) is 0 Å². The maximum absolute atomic E-state index is 3.88. The second-order valence-electron chi connectivity index (χ2n) is 3.27. The Morgan fingerprint density at radius 2 is 1.38 bits per heavy atom. The average molecular weight is 241 g/mol. The van der Waals surface area contributed by atoms with Crippen LogP contribution >= 0.6 is 15.9 Å². The Bertz CT molecular complexity index is 277. The van der Waals surface area contributed by atoms with Crippen LogP contribution in [0.3, 0.4) is 0 Å². The van der Waals surface area contributed by atoms with Crippen LogP contribution in [0.4, 0.5) is 0 Å². The van der Waals surface area contributed by atoms with Crippen LogP contribution < -0.4 is 0 Å². The normalized spacial score (nSPS) is 14.7. The molecule has 0 spiro atoms. The largest absolute Gasteiger partial charge is 0.0958 e. The summed E-state index contributed by atoms with van der Waals surface area (Å²) in [6, 6.07) is 0. The molecule has 0 saturated carbocycles. The lowest BCUT2D eigenvalue weighted by molar-refractivity contribution is 1.33. The van der Waals surface area contributed by atoms with Crippen molar-refractivity contribution in [2.24, 2.45) is 0 Å². The minimum absolute atomic E-state index is 1.12. The predicted molar refractivity (Wildman–Crippen MR) is 65.0 cm³/mol. The number of halogens is 1. The van der Waals surface area contributed by atoms with Crippen molar-refractivity contribution in [1.82, 2.24) is 0 Å². The standard InChI is InChI=1S/C12H17Br/c1-9(2)10(3)6-7-11(4)12(5)8-13/h6-8H,1H2,2-5H3. The Kier molecular flexibility index (Phi) is 5.72. The van der Waals surface area contributed by atoms with Crippen molar-refractivity contribution in [2.45, 2.75) is 27.7 Å². The van der Waals surface area contributed by atoms with Crippen molar-refractivity contribution >= 4 is 15.9 Å². The van der Waals surface area contributed by atoms with E-state index in [1.165, 1.54) is 16.7 Å². The fourth-order valence-corrected chi connectivity index (χ4v) is 0.971. The number of allylic oxidation sites excluding steroid dienone is 6. The van der Waals surface area contributed by atoms with Crippen molar-refractivity contribution in [3.63, 3.8) is 0 Å². The molecule has 0 fully saturated rings. The first kappa shape index (κ1) is 12.4. The average Bonchev–Trinajstić information content (AvgIpc) is 2.11. The lowest BCUT2D eigenvalue weighted by Gasteiger charge is -1.99. The van der Waals surface area contributed by atoms with Gasteiger partial charge >= 0.3 is 0 Å². The Hall–Kier alpha value is -0.560. The fraction of sp³-hybridized carbons (Fsp3) is 0.333. The summed E-state index contributed by atoms with van der Waals surface area (Å²) in [7, 11) is 0. The van der Waals surface area contributed by atoms with E-state index >= 15 is 0 Å². The predicted octanol–water partition coefficient (Wildman–Crippen LogP) is 4.75. The molecule has 0 aromatic carbocycles. The van der Waals surface area contributed by atoms with E-state index in [9.17, 15) is 0 Å². The molecule has 0 saturated heterocycles. The van der Waals surface area contributed by atoms with E-state index in [0.29, 0.717) is 0 Å². The lowest BCUT2D eigenvalue weighted by atomic mass is 10.1. The number of rotatable bonds is 3. The van der Waals surface area contributed by atoms with Gasteiger partial charge in [0.25, 0.3) is 0 Å². The highest BCUT2D eigenvalue weighted by molar-refractivity contribution is 9.11. The molecule has 0 radical (unpaired) electrons. The maximum Gasteiger partial charge on any atom is -0.0157 e. The molecular formula is C12H17Br. The van der Waals surface area contributed by atoms with Gasteiger partial charge in [0, 0.05) is 0 Å². The summed E-state index contributed by atoms with van der Waals surface area (Å²) in [6.45, 7) is 12.1. The summed E-state index contributed by atoms with van der Waals surface area (Å²) in [5, 5.41) is 0. The van der Waals surface area contributed by atoms with Crippen molar-refractivity contribution in [2.75, 3.05) is 0 Å². The molecule has 0 aliphatic carbocycles. The molecule has 0 aliphatic rings. The summed E-state index contributed by atoms with van der Waals surface area (Å²) in [5.74, 6) is 0. The minimum Gasteiger partial charge on any atom is -0.0958 e. The van der Waals surface area contributed by atoms with Gasteiger partial charge in [-0.1, -0.05) is 40.2 Å². The second-order valence-corrected chi connectivity index (χ2v) is 3.73. The number of hydrogen-bond acceptors (Lipinski definition) is 0. The SMILES string of the molecule is C=C(C)C(C)=CC=C(C)C(C)=CBr. The minimum atomic E-state index is 1.12. The summed E-state index contributed by atoms with van der Waals surface area (Å²) < 4.78 is 0. The molecular weight excluding hydrogens is 224 g/mol. The molecule has 0 nitrogen and oxygen atoms in total. The highest BCUT2D eigenvalue weighted by Gasteiger charge is 1.90. The molecule has 0 N–H and O–H groups in total. The molecule has 0 amide bonds. The lowest BCUT2D eigenvalue weighted by Crippen LogP contribution is -1.78. The maximum atomic E-state index is 3.88. The first-order valence-corrected chi connectivity index (χ1v) is 5.19. The number of hydrogen-bond donors (Lipinski definition) is 0. The van der Waals surface area contributed by atoms with Crippen molar-refractivity contribution in [3.8, 4) is 0 Å². The van der Waals surface area contributed by atoms with Crippen LogP contribution in [0, 0.1) is 0 Å². The molecule has 0 heterocycles. The van der Waals surface area contributed by atoms with Crippen molar-refractivity contribution in [3.05, 3.63) is 46.0 Å². The molecule has 1 heteroatoms. The van der Waals surface area contributed by atoms with Gasteiger partial charge in [-0.3, -0.25) is 0 Å².